The van der Waals surface area contributed by atoms with Gasteiger partial charge in [0.05, 0.1) is 0 Å². The molecule has 0 bridgehead atoms. The van der Waals surface area contributed by atoms with Crippen molar-refractivity contribution in [2.24, 2.45) is 10.9 Å². The van der Waals surface area contributed by atoms with Crippen molar-refractivity contribution in [1.29, 1.82) is 0 Å². The third-order valence-electron chi connectivity index (χ3n) is 3.42. The van der Waals surface area contributed by atoms with Gasteiger partial charge in [-0.05, 0) is 54.0 Å². The predicted octanol–water partition coefficient (Wildman–Crippen LogP) is 3.01. The lowest BCUT2D eigenvalue weighted by Crippen LogP contribution is -2.34. The minimum absolute atomic E-state index is 0.0257. The molecule has 0 spiro atoms. The van der Waals surface area contributed by atoms with E-state index < -0.39 is 15.4 Å². The number of phenols is 1. The molecule has 0 aliphatic carbocycles. The molecule has 0 aromatic heterocycles. The molecule has 128 valence electrons. The van der Waals surface area contributed by atoms with Gasteiger partial charge in [0.1, 0.15) is 11.1 Å². The Labute approximate surface area is 150 Å². The average molecular weight is 387 g/mol. The minimum atomic E-state index is -3.99. The third-order valence-corrected chi connectivity index (χ3v) is 4.79. The quantitative estimate of drug-likeness (QED) is 0.750. The van der Waals surface area contributed by atoms with E-state index in [0.717, 1.165) is 0 Å². The number of aryl methyl sites for hydroxylation is 1. The molecule has 5 nitrogen and oxygen atoms in total. The molecule has 0 aliphatic heterocycles. The van der Waals surface area contributed by atoms with E-state index in [0.29, 0.717) is 32.3 Å². The number of hydrogen-bond acceptors (Lipinski definition) is 4. The number of halogens is 2. The number of aromatic hydroxyl groups is 1. The molecule has 0 saturated carbocycles. The van der Waals surface area contributed by atoms with Crippen molar-refractivity contribution >= 4 is 38.8 Å². The highest BCUT2D eigenvalue weighted by molar-refractivity contribution is 7.89. The molecular weight excluding hydrogens is 371 g/mol. The Morgan fingerprint density at radius 2 is 1.75 bits per heavy atom. The lowest BCUT2D eigenvalue weighted by atomic mass is 9.95. The molecular formula is C16H16Cl2N2O3S. The fourth-order valence-corrected chi connectivity index (χ4v) is 2.90. The van der Waals surface area contributed by atoms with Crippen LogP contribution in [0.1, 0.15) is 16.7 Å². The first-order chi connectivity index (χ1) is 11.1. The molecule has 0 heterocycles. The maximum Gasteiger partial charge on any atom is 0.228 e. The summed E-state index contributed by atoms with van der Waals surface area (Å²) in [4.78, 5) is 0. The second-order valence-corrected chi connectivity index (χ2v) is 7.85. The van der Waals surface area contributed by atoms with Crippen LogP contribution < -0.4 is 10.9 Å². The molecule has 24 heavy (non-hydrogen) atoms. The van der Waals surface area contributed by atoms with Gasteiger partial charge in [-0.3, -0.25) is 0 Å². The predicted molar refractivity (Wildman–Crippen MR) is 97.5 cm³/mol. The Balaban J connectivity index is 2.73. The van der Waals surface area contributed by atoms with Gasteiger partial charge in [-0.2, -0.15) is 0 Å². The van der Waals surface area contributed by atoms with Gasteiger partial charge in [-0.15, -0.1) is 0 Å². The van der Waals surface area contributed by atoms with Gasteiger partial charge in [0.2, 0.25) is 10.0 Å². The van der Waals surface area contributed by atoms with Crippen LogP contribution >= 0.6 is 23.2 Å². The van der Waals surface area contributed by atoms with Crippen LogP contribution in [0, 0.1) is 6.92 Å². The van der Waals surface area contributed by atoms with Crippen LogP contribution in [0.25, 0.3) is 5.57 Å². The molecule has 0 amide bonds. The van der Waals surface area contributed by atoms with Crippen molar-refractivity contribution in [2.75, 3.05) is 0 Å². The summed E-state index contributed by atoms with van der Waals surface area (Å²) < 4.78 is 23.0. The molecule has 0 saturated heterocycles. The zero-order valence-corrected chi connectivity index (χ0v) is 15.0. The molecule has 0 fully saturated rings. The Kier molecular flexibility index (Phi) is 5.57. The van der Waals surface area contributed by atoms with Crippen molar-refractivity contribution in [3.63, 3.8) is 0 Å². The van der Waals surface area contributed by atoms with E-state index >= 15 is 0 Å². The Bertz CT molecular complexity index is 894. The van der Waals surface area contributed by atoms with Crippen molar-refractivity contribution in [3.8, 4) is 5.75 Å². The fraction of sp³-hybridized carbons (Fsp3) is 0.125. The van der Waals surface area contributed by atoms with Gasteiger partial charge in [0.25, 0.3) is 0 Å². The van der Waals surface area contributed by atoms with Crippen LogP contribution in [-0.2, 0) is 10.0 Å². The first-order valence-corrected chi connectivity index (χ1v) is 9.20. The number of sulfonamides is 1. The Hall–Kier alpha value is -1.57. The highest BCUT2D eigenvalue weighted by atomic mass is 35.5. The minimum Gasteiger partial charge on any atom is -0.507 e. The van der Waals surface area contributed by atoms with Crippen LogP contribution in [0.5, 0.6) is 5.75 Å². The number of nitrogens with two attached hydrogens (primary N) is 2. The second kappa shape index (κ2) is 7.13. The highest BCUT2D eigenvalue weighted by Gasteiger charge is 2.19. The molecule has 5 N–H and O–H groups in total. The summed E-state index contributed by atoms with van der Waals surface area (Å²) in [5.74, 6) is -0.0257. The molecule has 8 heteroatoms. The number of rotatable bonds is 4. The summed E-state index contributed by atoms with van der Waals surface area (Å²) in [6, 6.07) is 9.77. The van der Waals surface area contributed by atoms with Gasteiger partial charge in [-0.1, -0.05) is 35.3 Å². The summed E-state index contributed by atoms with van der Waals surface area (Å²) >= 11 is 12.0. The largest absolute Gasteiger partial charge is 0.507 e. The molecule has 1 unspecified atom stereocenters. The van der Waals surface area contributed by atoms with E-state index in [2.05, 4.69) is 0 Å². The second-order valence-electron chi connectivity index (χ2n) is 5.26. The summed E-state index contributed by atoms with van der Waals surface area (Å²) in [5, 5.41) is 14.9. The van der Waals surface area contributed by atoms with Crippen LogP contribution in [0.4, 0.5) is 0 Å². The van der Waals surface area contributed by atoms with Gasteiger partial charge in [0.15, 0.2) is 0 Å². The van der Waals surface area contributed by atoms with Crippen molar-refractivity contribution in [3.05, 3.63) is 69.2 Å². The van der Waals surface area contributed by atoms with E-state index in [1.165, 1.54) is 12.1 Å². The number of hydrogen-bond donors (Lipinski definition) is 3. The van der Waals surface area contributed by atoms with Gasteiger partial charge >= 0.3 is 0 Å². The Morgan fingerprint density at radius 1 is 1.17 bits per heavy atom. The van der Waals surface area contributed by atoms with Gasteiger partial charge in [-0.25, -0.2) is 13.6 Å². The van der Waals surface area contributed by atoms with E-state index in [1.807, 2.05) is 0 Å². The van der Waals surface area contributed by atoms with E-state index in [1.54, 1.807) is 37.3 Å². The standard InChI is InChI=1S/C16H16Cl2N2O3S/c1-9-6-12(18)7-14(16(9)21)13(8-15(19)24(20,22)23)10-2-4-11(17)5-3-10/h2-8,15,21H,19H2,1H3,(H2,20,22,23). The summed E-state index contributed by atoms with van der Waals surface area (Å²) in [6.45, 7) is 1.68. The van der Waals surface area contributed by atoms with Crippen molar-refractivity contribution in [2.45, 2.75) is 12.3 Å². The fourth-order valence-electron chi connectivity index (χ4n) is 2.17. The van der Waals surface area contributed by atoms with Gasteiger partial charge in [0, 0.05) is 15.6 Å². The maximum atomic E-state index is 11.5. The summed E-state index contributed by atoms with van der Waals surface area (Å²) in [5.41, 5.74) is 7.54. The normalized spacial score (nSPS) is 13.8. The molecule has 0 aliphatic rings. The number of benzene rings is 2. The lowest BCUT2D eigenvalue weighted by Gasteiger charge is -2.15. The van der Waals surface area contributed by atoms with Crippen molar-refractivity contribution < 1.29 is 13.5 Å². The molecule has 2 aromatic rings. The van der Waals surface area contributed by atoms with Crippen LogP contribution in [0.2, 0.25) is 10.0 Å². The first-order valence-electron chi connectivity index (χ1n) is 6.84. The van der Waals surface area contributed by atoms with Crippen molar-refractivity contribution in [1.82, 2.24) is 0 Å². The monoisotopic (exact) mass is 386 g/mol. The smallest absolute Gasteiger partial charge is 0.228 e. The zero-order chi connectivity index (χ0) is 18.1. The van der Waals surface area contributed by atoms with Gasteiger partial charge < -0.3 is 10.8 Å². The Morgan fingerprint density at radius 3 is 2.29 bits per heavy atom. The summed E-state index contributed by atoms with van der Waals surface area (Å²) in [6.07, 6.45) is 1.27. The van der Waals surface area contributed by atoms with Crippen LogP contribution in [-0.4, -0.2) is 18.9 Å². The molecule has 2 aromatic carbocycles. The maximum absolute atomic E-state index is 11.5. The highest BCUT2D eigenvalue weighted by Crippen LogP contribution is 2.35. The lowest BCUT2D eigenvalue weighted by molar-refractivity contribution is 0.469. The number of primary sulfonamides is 1. The molecule has 0 radical (unpaired) electrons. The number of phenolic OH excluding ortho intramolecular Hbond substituents is 1. The van der Waals surface area contributed by atoms with E-state index in [9.17, 15) is 13.5 Å². The first kappa shape index (κ1) is 18.8. The van der Waals surface area contributed by atoms with E-state index in [-0.39, 0.29) is 5.75 Å². The van der Waals surface area contributed by atoms with E-state index in [4.69, 9.17) is 34.1 Å². The van der Waals surface area contributed by atoms with Crippen LogP contribution in [0.3, 0.4) is 0 Å². The third kappa shape index (κ3) is 4.28. The SMILES string of the molecule is Cc1cc(Cl)cc(C(=CC(N)S(N)(=O)=O)c2ccc(Cl)cc2)c1O. The summed E-state index contributed by atoms with van der Waals surface area (Å²) in [7, 11) is -3.99. The zero-order valence-electron chi connectivity index (χ0n) is 12.7. The average Bonchev–Trinajstić information content (AvgIpc) is 2.48. The topological polar surface area (TPSA) is 106 Å². The van der Waals surface area contributed by atoms with Crippen LogP contribution in [0.15, 0.2) is 42.5 Å². The molecule has 2 rings (SSSR count). The molecule has 1 atom stereocenters.